The smallest absolute Gasteiger partial charge is 0.547 e. The van der Waals surface area contributed by atoms with Crippen molar-refractivity contribution in [1.82, 2.24) is 0 Å². The molecule has 60 valence electrons. The Bertz CT molecular complexity index is 137. The van der Waals surface area contributed by atoms with Crippen LogP contribution in [0.5, 0.6) is 0 Å². The first-order valence-electron chi connectivity index (χ1n) is 3.07. The molecular weight excluding hydrogens is 159 g/mol. The van der Waals surface area contributed by atoms with Crippen LogP contribution in [0.25, 0.3) is 0 Å². The summed E-state index contributed by atoms with van der Waals surface area (Å²) >= 11 is 0. The fourth-order valence-electron chi connectivity index (χ4n) is 0.610. The number of carboxylic acid groups (broad SMARTS) is 1. The quantitative estimate of drug-likeness (QED) is 0.417. The van der Waals surface area contributed by atoms with Crippen molar-refractivity contribution in [2.75, 3.05) is 0 Å². The number of carbonyl (C=O) groups excluding carboxylic acids is 1. The van der Waals surface area contributed by atoms with Gasteiger partial charge in [0.15, 0.2) is 0 Å². The minimum Gasteiger partial charge on any atom is -0.547 e. The Balaban J connectivity index is 0. The van der Waals surface area contributed by atoms with E-state index in [9.17, 15) is 9.90 Å². The Morgan fingerprint density at radius 1 is 1.73 bits per heavy atom. The third-order valence-corrected chi connectivity index (χ3v) is 1.58. The molecule has 0 spiro atoms. The summed E-state index contributed by atoms with van der Waals surface area (Å²) in [6.45, 7) is 2.67. The number of carbonyl (C=O) groups is 1. The average molecular weight is 170 g/mol. The van der Waals surface area contributed by atoms with E-state index in [1.165, 1.54) is 13.8 Å². The zero-order valence-electron chi connectivity index (χ0n) is 7.00. The summed E-state index contributed by atoms with van der Waals surface area (Å²) in [6, 6.07) is 0. The van der Waals surface area contributed by atoms with E-state index in [2.05, 4.69) is 0 Å². The maximum atomic E-state index is 10.2. The van der Waals surface area contributed by atoms with Gasteiger partial charge in [0.2, 0.25) is 0 Å². The first-order chi connectivity index (χ1) is 4.45. The second-order valence-corrected chi connectivity index (χ2v) is 2.24. The molecule has 2 unspecified atom stereocenters. The molecule has 0 radical (unpaired) electrons. The van der Waals surface area contributed by atoms with E-state index >= 15 is 0 Å². The molecule has 0 aromatic heterocycles. The molecule has 0 aliphatic heterocycles. The largest absolute Gasteiger partial charge is 1.00 e. The van der Waals surface area contributed by atoms with Crippen LogP contribution in [0.1, 0.15) is 20.3 Å². The predicted molar refractivity (Wildman–Crippen MR) is 31.9 cm³/mol. The van der Waals surface area contributed by atoms with Crippen LogP contribution in [0.4, 0.5) is 0 Å². The molecular formula is C6H11NaO4. The molecule has 0 aliphatic carbocycles. The third-order valence-electron chi connectivity index (χ3n) is 1.58. The zero-order valence-corrected chi connectivity index (χ0v) is 9.00. The van der Waals surface area contributed by atoms with Gasteiger partial charge in [0.1, 0.15) is 5.60 Å². The van der Waals surface area contributed by atoms with E-state index in [0.29, 0.717) is 0 Å². The van der Waals surface area contributed by atoms with Gasteiger partial charge in [-0.25, -0.2) is 0 Å². The normalized spacial score (nSPS) is 17.8. The van der Waals surface area contributed by atoms with E-state index in [1.54, 1.807) is 0 Å². The molecule has 2 N–H and O–H groups in total. The molecule has 2 atom stereocenters. The topological polar surface area (TPSA) is 80.6 Å². The number of carboxylic acids is 1. The van der Waals surface area contributed by atoms with Gasteiger partial charge in [-0.2, -0.15) is 0 Å². The van der Waals surface area contributed by atoms with Crippen molar-refractivity contribution in [1.29, 1.82) is 0 Å². The maximum absolute atomic E-state index is 10.2. The summed E-state index contributed by atoms with van der Waals surface area (Å²) in [4.78, 5) is 10.2. The van der Waals surface area contributed by atoms with Gasteiger partial charge in [-0.05, 0) is 13.3 Å². The Hall–Kier alpha value is 0.390. The molecule has 0 fully saturated rings. The molecule has 11 heavy (non-hydrogen) atoms. The minimum absolute atomic E-state index is 0. The van der Waals surface area contributed by atoms with Crippen molar-refractivity contribution in [3.63, 3.8) is 0 Å². The Morgan fingerprint density at radius 3 is 2.09 bits per heavy atom. The first-order valence-corrected chi connectivity index (χ1v) is 3.07. The van der Waals surface area contributed by atoms with Crippen molar-refractivity contribution in [3.05, 3.63) is 0 Å². The van der Waals surface area contributed by atoms with Crippen molar-refractivity contribution in [2.24, 2.45) is 0 Å². The molecule has 5 heteroatoms. The SMILES string of the molecule is CCC(O)(C(=O)[O-])C(C)O.[Na+]. The summed E-state index contributed by atoms with van der Waals surface area (Å²) in [7, 11) is 0. The van der Waals surface area contributed by atoms with Crippen LogP contribution in [0.3, 0.4) is 0 Å². The number of rotatable bonds is 3. The molecule has 0 aromatic carbocycles. The number of aliphatic hydroxyl groups is 2. The van der Waals surface area contributed by atoms with Gasteiger partial charge in [-0.3, -0.25) is 0 Å². The summed E-state index contributed by atoms with van der Waals surface area (Å²) < 4.78 is 0. The van der Waals surface area contributed by atoms with E-state index in [1.807, 2.05) is 0 Å². The van der Waals surface area contributed by atoms with Gasteiger partial charge in [0.25, 0.3) is 0 Å². The predicted octanol–water partition coefficient (Wildman–Crippen LogP) is -4.74. The van der Waals surface area contributed by atoms with Crippen LogP contribution < -0.4 is 34.7 Å². The second-order valence-electron chi connectivity index (χ2n) is 2.24. The van der Waals surface area contributed by atoms with Crippen LogP contribution in [0.2, 0.25) is 0 Å². The van der Waals surface area contributed by atoms with E-state index in [0.717, 1.165) is 0 Å². The molecule has 0 aromatic rings. The monoisotopic (exact) mass is 170 g/mol. The van der Waals surface area contributed by atoms with Crippen molar-refractivity contribution >= 4 is 5.97 Å². The Morgan fingerprint density at radius 2 is 2.09 bits per heavy atom. The molecule has 0 rings (SSSR count). The summed E-state index contributed by atoms with van der Waals surface area (Å²) in [5.74, 6) is -1.63. The maximum Gasteiger partial charge on any atom is 1.00 e. The molecule has 0 saturated heterocycles. The molecule has 0 amide bonds. The van der Waals surface area contributed by atoms with Crippen LogP contribution in [-0.2, 0) is 4.79 Å². The molecule has 4 nitrogen and oxygen atoms in total. The minimum atomic E-state index is -2.10. The van der Waals surface area contributed by atoms with Crippen molar-refractivity contribution in [3.8, 4) is 0 Å². The Labute approximate surface area is 87.5 Å². The van der Waals surface area contributed by atoms with Crippen LogP contribution in [0, 0.1) is 0 Å². The Kier molecular flexibility index (Phi) is 6.48. The van der Waals surface area contributed by atoms with Crippen molar-refractivity contribution in [2.45, 2.75) is 32.0 Å². The van der Waals surface area contributed by atoms with E-state index < -0.39 is 17.7 Å². The molecule has 0 heterocycles. The number of hydrogen-bond acceptors (Lipinski definition) is 4. The number of aliphatic carboxylic acids is 1. The molecule has 0 bridgehead atoms. The molecule has 0 aliphatic rings. The summed E-state index contributed by atoms with van der Waals surface area (Å²) in [6.07, 6.45) is -1.37. The van der Waals surface area contributed by atoms with Crippen LogP contribution in [-0.4, -0.2) is 27.9 Å². The van der Waals surface area contributed by atoms with Gasteiger partial charge in [-0.1, -0.05) is 6.92 Å². The first kappa shape index (κ1) is 13.9. The summed E-state index contributed by atoms with van der Waals surface area (Å²) in [5, 5.41) is 28.0. The van der Waals surface area contributed by atoms with Gasteiger partial charge in [0, 0.05) is 0 Å². The van der Waals surface area contributed by atoms with Crippen LogP contribution >= 0.6 is 0 Å². The molecule has 0 saturated carbocycles. The number of hydrogen-bond donors (Lipinski definition) is 2. The van der Waals surface area contributed by atoms with E-state index in [-0.39, 0.29) is 36.0 Å². The third kappa shape index (κ3) is 3.09. The summed E-state index contributed by atoms with van der Waals surface area (Å²) in [5.41, 5.74) is -2.10. The van der Waals surface area contributed by atoms with Crippen molar-refractivity contribution < 1.29 is 49.7 Å². The fourth-order valence-corrected chi connectivity index (χ4v) is 0.610. The van der Waals surface area contributed by atoms with Gasteiger partial charge < -0.3 is 20.1 Å². The van der Waals surface area contributed by atoms with Gasteiger partial charge in [-0.15, -0.1) is 0 Å². The van der Waals surface area contributed by atoms with Gasteiger partial charge >= 0.3 is 29.6 Å². The fraction of sp³-hybridized carbons (Fsp3) is 0.833. The zero-order chi connectivity index (χ0) is 8.36. The van der Waals surface area contributed by atoms with E-state index in [4.69, 9.17) is 10.2 Å². The van der Waals surface area contributed by atoms with Gasteiger partial charge in [0.05, 0.1) is 12.1 Å². The van der Waals surface area contributed by atoms with Crippen LogP contribution in [0.15, 0.2) is 0 Å². The average Bonchev–Trinajstić information content (AvgIpc) is 1.85. The standard InChI is InChI=1S/C6H12O4.Na/c1-3-6(10,4(2)7)5(8)9;/h4,7,10H,3H2,1-2H3,(H,8,9);/q;+1/p-1. The number of aliphatic hydroxyl groups excluding tert-OH is 1. The second kappa shape index (κ2) is 5.11.